The van der Waals surface area contributed by atoms with Gasteiger partial charge in [0.1, 0.15) is 5.03 Å². The number of fused-ring (bicyclic) bond motifs is 1. The fourth-order valence-corrected chi connectivity index (χ4v) is 4.19. The van der Waals surface area contributed by atoms with E-state index in [1.165, 1.54) is 22.9 Å². The largest absolute Gasteiger partial charge is 0.350 e. The topological polar surface area (TPSA) is 58.1 Å². The molecule has 0 radical (unpaired) electrons. The van der Waals surface area contributed by atoms with Crippen molar-refractivity contribution in [1.82, 2.24) is 9.97 Å². The van der Waals surface area contributed by atoms with E-state index in [1.807, 2.05) is 6.07 Å². The molecule has 3 aromatic rings. The third-order valence-corrected chi connectivity index (χ3v) is 5.73. The fraction of sp³-hybridized carbons (Fsp3) is 0.190. The number of halogens is 1. The molecule has 1 aliphatic rings. The van der Waals surface area contributed by atoms with Crippen LogP contribution >= 0.6 is 23.4 Å². The van der Waals surface area contributed by atoms with Crippen LogP contribution in [-0.2, 0) is 17.8 Å². The van der Waals surface area contributed by atoms with E-state index in [0.29, 0.717) is 10.7 Å². The molecule has 5 nitrogen and oxygen atoms in total. The summed E-state index contributed by atoms with van der Waals surface area (Å²) in [5, 5.41) is 4.22. The van der Waals surface area contributed by atoms with Crippen LogP contribution in [-0.4, -0.2) is 28.2 Å². The van der Waals surface area contributed by atoms with Crippen LogP contribution in [0.2, 0.25) is 5.02 Å². The van der Waals surface area contributed by atoms with Crippen LogP contribution in [0.15, 0.2) is 66.0 Å². The van der Waals surface area contributed by atoms with Gasteiger partial charge in [0.2, 0.25) is 5.91 Å². The van der Waals surface area contributed by atoms with E-state index in [1.54, 1.807) is 30.6 Å². The number of amides is 1. The van der Waals surface area contributed by atoms with Gasteiger partial charge in [-0.05, 0) is 35.7 Å². The summed E-state index contributed by atoms with van der Waals surface area (Å²) in [5.74, 6) is 0.980. The zero-order chi connectivity index (χ0) is 19.3. The molecule has 0 bridgehead atoms. The maximum Gasteiger partial charge on any atom is 0.234 e. The van der Waals surface area contributed by atoms with E-state index in [0.717, 1.165) is 30.4 Å². The summed E-state index contributed by atoms with van der Waals surface area (Å²) < 4.78 is 0. The molecule has 1 N–H and O–H groups in total. The van der Waals surface area contributed by atoms with Gasteiger partial charge in [-0.1, -0.05) is 53.7 Å². The highest BCUT2D eigenvalue weighted by atomic mass is 35.5. The Labute approximate surface area is 173 Å². The van der Waals surface area contributed by atoms with Crippen LogP contribution in [0.25, 0.3) is 0 Å². The standard InChI is InChI=1S/C21H19ClN4OS/c22-17-6-3-7-18(12-17)25-19(27)14-28-21-20(23-9-10-24-21)26-11-8-15-4-1-2-5-16(15)13-26/h1-7,9-10,12H,8,11,13-14H2,(H,25,27). The molecule has 0 spiro atoms. The number of carbonyl (C=O) groups excluding carboxylic acids is 1. The average Bonchev–Trinajstić information content (AvgIpc) is 2.72. The molecule has 0 unspecified atom stereocenters. The molecular weight excluding hydrogens is 392 g/mol. The predicted octanol–water partition coefficient (Wildman–Crippen LogP) is 4.42. The van der Waals surface area contributed by atoms with Gasteiger partial charge in [-0.15, -0.1) is 0 Å². The Morgan fingerprint density at radius 3 is 2.79 bits per heavy atom. The molecule has 1 amide bonds. The molecule has 0 atom stereocenters. The summed E-state index contributed by atoms with van der Waals surface area (Å²) in [5.41, 5.74) is 3.39. The summed E-state index contributed by atoms with van der Waals surface area (Å²) in [7, 11) is 0. The maximum absolute atomic E-state index is 12.3. The molecule has 0 saturated carbocycles. The van der Waals surface area contributed by atoms with E-state index in [4.69, 9.17) is 11.6 Å². The first-order valence-corrected chi connectivity index (χ1v) is 10.4. The van der Waals surface area contributed by atoms with Gasteiger partial charge in [0.25, 0.3) is 0 Å². The molecule has 0 fully saturated rings. The summed E-state index contributed by atoms with van der Waals surface area (Å²) in [4.78, 5) is 23.5. The summed E-state index contributed by atoms with van der Waals surface area (Å²) in [6.45, 7) is 1.69. The Balaban J connectivity index is 1.43. The Hall–Kier alpha value is -2.57. The third-order valence-electron chi connectivity index (χ3n) is 4.53. The third kappa shape index (κ3) is 4.46. The summed E-state index contributed by atoms with van der Waals surface area (Å²) >= 11 is 7.36. The number of carbonyl (C=O) groups is 1. The van der Waals surface area contributed by atoms with Crippen LogP contribution in [0.1, 0.15) is 11.1 Å². The Morgan fingerprint density at radius 2 is 1.93 bits per heavy atom. The van der Waals surface area contributed by atoms with Crippen molar-refractivity contribution in [3.63, 3.8) is 0 Å². The van der Waals surface area contributed by atoms with Gasteiger partial charge in [0.05, 0.1) is 5.75 Å². The molecule has 2 heterocycles. The Bertz CT molecular complexity index is 997. The second kappa shape index (κ2) is 8.63. The van der Waals surface area contributed by atoms with Gasteiger partial charge in [-0.25, -0.2) is 9.97 Å². The van der Waals surface area contributed by atoms with Crippen molar-refractivity contribution in [1.29, 1.82) is 0 Å². The zero-order valence-corrected chi connectivity index (χ0v) is 16.7. The first kappa shape index (κ1) is 18.8. The number of rotatable bonds is 5. The van der Waals surface area contributed by atoms with E-state index in [-0.39, 0.29) is 11.7 Å². The lowest BCUT2D eigenvalue weighted by Gasteiger charge is -2.30. The summed E-state index contributed by atoms with van der Waals surface area (Å²) in [6.07, 6.45) is 4.34. The number of hydrogen-bond acceptors (Lipinski definition) is 5. The lowest BCUT2D eigenvalue weighted by molar-refractivity contribution is -0.113. The van der Waals surface area contributed by atoms with Crippen molar-refractivity contribution < 1.29 is 4.79 Å². The summed E-state index contributed by atoms with van der Waals surface area (Å²) in [6, 6.07) is 15.6. The van der Waals surface area contributed by atoms with Crippen molar-refractivity contribution in [2.75, 3.05) is 22.5 Å². The second-order valence-corrected chi connectivity index (χ2v) is 7.87. The molecule has 0 aliphatic carbocycles. The molecule has 4 rings (SSSR count). The first-order valence-electron chi connectivity index (χ1n) is 9.00. The van der Waals surface area contributed by atoms with Crippen molar-refractivity contribution in [3.05, 3.63) is 77.1 Å². The minimum absolute atomic E-state index is 0.104. The van der Waals surface area contributed by atoms with Gasteiger partial charge in [0, 0.05) is 36.2 Å². The van der Waals surface area contributed by atoms with Crippen molar-refractivity contribution in [2.24, 2.45) is 0 Å². The normalized spacial score (nSPS) is 13.1. The lowest BCUT2D eigenvalue weighted by atomic mass is 10.0. The maximum atomic E-state index is 12.3. The van der Waals surface area contributed by atoms with Crippen molar-refractivity contribution in [3.8, 4) is 0 Å². The Morgan fingerprint density at radius 1 is 1.11 bits per heavy atom. The molecule has 0 saturated heterocycles. The molecule has 28 heavy (non-hydrogen) atoms. The number of benzene rings is 2. The average molecular weight is 411 g/mol. The minimum Gasteiger partial charge on any atom is -0.350 e. The lowest BCUT2D eigenvalue weighted by Crippen LogP contribution is -2.31. The van der Waals surface area contributed by atoms with Gasteiger partial charge in [-0.2, -0.15) is 0 Å². The number of thioether (sulfide) groups is 1. The van der Waals surface area contributed by atoms with Crippen LogP contribution in [0, 0.1) is 0 Å². The van der Waals surface area contributed by atoms with E-state index >= 15 is 0 Å². The predicted molar refractivity (Wildman–Crippen MR) is 114 cm³/mol. The molecule has 142 valence electrons. The van der Waals surface area contributed by atoms with Crippen LogP contribution in [0.3, 0.4) is 0 Å². The van der Waals surface area contributed by atoms with E-state index < -0.39 is 0 Å². The highest BCUT2D eigenvalue weighted by molar-refractivity contribution is 8.00. The van der Waals surface area contributed by atoms with Crippen LogP contribution in [0.5, 0.6) is 0 Å². The highest BCUT2D eigenvalue weighted by Crippen LogP contribution is 2.30. The molecule has 1 aromatic heterocycles. The van der Waals surface area contributed by atoms with E-state index in [9.17, 15) is 4.79 Å². The fourth-order valence-electron chi connectivity index (χ4n) is 3.21. The number of aromatic nitrogens is 2. The van der Waals surface area contributed by atoms with Crippen LogP contribution in [0.4, 0.5) is 11.5 Å². The smallest absolute Gasteiger partial charge is 0.234 e. The molecule has 1 aliphatic heterocycles. The zero-order valence-electron chi connectivity index (χ0n) is 15.1. The number of anilines is 2. The van der Waals surface area contributed by atoms with Crippen LogP contribution < -0.4 is 10.2 Å². The Kier molecular flexibility index (Phi) is 5.78. The number of nitrogens with one attached hydrogen (secondary N) is 1. The SMILES string of the molecule is O=C(CSc1nccnc1N1CCc2ccccc2C1)Nc1cccc(Cl)c1. The molecule has 2 aromatic carbocycles. The molecule has 7 heteroatoms. The first-order chi connectivity index (χ1) is 13.7. The monoisotopic (exact) mass is 410 g/mol. The van der Waals surface area contributed by atoms with Gasteiger partial charge in [-0.3, -0.25) is 4.79 Å². The van der Waals surface area contributed by atoms with Crippen molar-refractivity contribution >= 4 is 40.8 Å². The minimum atomic E-state index is -0.104. The number of nitrogens with zero attached hydrogens (tertiary/aromatic N) is 3. The highest BCUT2D eigenvalue weighted by Gasteiger charge is 2.20. The van der Waals surface area contributed by atoms with Gasteiger partial charge < -0.3 is 10.2 Å². The van der Waals surface area contributed by atoms with Gasteiger partial charge in [0.15, 0.2) is 5.82 Å². The number of hydrogen-bond donors (Lipinski definition) is 1. The quantitative estimate of drug-likeness (QED) is 0.631. The molecular formula is C21H19ClN4OS. The van der Waals surface area contributed by atoms with E-state index in [2.05, 4.69) is 44.5 Å². The van der Waals surface area contributed by atoms with Gasteiger partial charge >= 0.3 is 0 Å². The van der Waals surface area contributed by atoms with Crippen molar-refractivity contribution in [2.45, 2.75) is 18.0 Å². The second-order valence-electron chi connectivity index (χ2n) is 6.47.